The molecule has 4 rings (SSSR count). The Balaban J connectivity index is 1.66. The van der Waals surface area contributed by atoms with Gasteiger partial charge in [-0.2, -0.15) is 0 Å². The molecule has 0 aliphatic rings. The van der Waals surface area contributed by atoms with Crippen molar-refractivity contribution in [2.24, 2.45) is 0 Å². The highest BCUT2D eigenvalue weighted by Crippen LogP contribution is 2.33. The van der Waals surface area contributed by atoms with Crippen molar-refractivity contribution in [1.29, 1.82) is 0 Å². The second-order valence-corrected chi connectivity index (χ2v) is 9.35. The van der Waals surface area contributed by atoms with Gasteiger partial charge in [0.2, 0.25) is 5.91 Å². The zero-order valence-electron chi connectivity index (χ0n) is 19.0. The van der Waals surface area contributed by atoms with E-state index >= 15 is 0 Å². The van der Waals surface area contributed by atoms with Crippen LogP contribution in [0.2, 0.25) is 5.02 Å². The first-order chi connectivity index (χ1) is 16.8. The molecule has 0 saturated carbocycles. The van der Waals surface area contributed by atoms with Crippen molar-refractivity contribution in [2.75, 3.05) is 11.1 Å². The number of hydrogen-bond donors (Lipinski definition) is 1. The van der Waals surface area contributed by atoms with Crippen molar-refractivity contribution in [3.8, 4) is 17.1 Å². The SMILES string of the molecule is CC(C)c1ccccc1-n1c(SCC(=O)Nc2ccccc2[N+](=O)[O-])nnc1-c1ccc(Cl)cc1. The van der Waals surface area contributed by atoms with E-state index in [0.717, 1.165) is 16.8 Å². The molecule has 0 aliphatic carbocycles. The van der Waals surface area contributed by atoms with Gasteiger partial charge in [-0.15, -0.1) is 10.2 Å². The number of para-hydroxylation sites is 3. The van der Waals surface area contributed by atoms with E-state index in [0.29, 0.717) is 16.0 Å². The Morgan fingerprint density at radius 3 is 2.46 bits per heavy atom. The number of halogens is 1. The normalized spacial score (nSPS) is 11.0. The summed E-state index contributed by atoms with van der Waals surface area (Å²) in [6.45, 7) is 4.22. The van der Waals surface area contributed by atoms with Crippen molar-refractivity contribution in [1.82, 2.24) is 14.8 Å². The van der Waals surface area contributed by atoms with E-state index in [-0.39, 0.29) is 29.0 Å². The molecule has 1 N–H and O–H groups in total. The van der Waals surface area contributed by atoms with Crippen LogP contribution in [0.4, 0.5) is 11.4 Å². The molecule has 4 aromatic rings. The zero-order chi connectivity index (χ0) is 24.9. The first-order valence-electron chi connectivity index (χ1n) is 10.8. The predicted octanol–water partition coefficient (Wildman–Crippen LogP) is 6.35. The molecule has 0 bridgehead atoms. The number of aromatic nitrogens is 3. The molecule has 10 heteroatoms. The molecule has 35 heavy (non-hydrogen) atoms. The average Bonchev–Trinajstić information content (AvgIpc) is 3.27. The van der Waals surface area contributed by atoms with Crippen LogP contribution in [0.5, 0.6) is 0 Å². The Kier molecular flexibility index (Phi) is 7.48. The topological polar surface area (TPSA) is 103 Å². The Hall–Kier alpha value is -3.69. The number of nitrogens with zero attached hydrogens (tertiary/aromatic N) is 4. The molecule has 0 radical (unpaired) electrons. The number of anilines is 1. The summed E-state index contributed by atoms with van der Waals surface area (Å²) in [5, 5.41) is 23.8. The van der Waals surface area contributed by atoms with Crippen molar-refractivity contribution >= 4 is 40.6 Å². The maximum atomic E-state index is 12.7. The fraction of sp³-hybridized carbons (Fsp3) is 0.160. The van der Waals surface area contributed by atoms with Gasteiger partial charge in [0.05, 0.1) is 16.4 Å². The maximum absolute atomic E-state index is 12.7. The molecule has 1 heterocycles. The summed E-state index contributed by atoms with van der Waals surface area (Å²) in [5.41, 5.74) is 2.84. The molecule has 0 atom stereocenters. The van der Waals surface area contributed by atoms with E-state index in [1.54, 1.807) is 24.3 Å². The molecular weight excluding hydrogens is 486 g/mol. The van der Waals surface area contributed by atoms with Crippen LogP contribution in [-0.4, -0.2) is 31.3 Å². The Bertz CT molecular complexity index is 1370. The van der Waals surface area contributed by atoms with Crippen LogP contribution >= 0.6 is 23.4 Å². The van der Waals surface area contributed by atoms with Gasteiger partial charge in [-0.3, -0.25) is 19.5 Å². The molecular formula is C25H22ClN5O3S. The second-order valence-electron chi connectivity index (χ2n) is 7.97. The summed E-state index contributed by atoms with van der Waals surface area (Å²) in [6.07, 6.45) is 0. The number of nitro groups is 1. The third-order valence-electron chi connectivity index (χ3n) is 5.24. The monoisotopic (exact) mass is 507 g/mol. The van der Waals surface area contributed by atoms with E-state index in [9.17, 15) is 14.9 Å². The third kappa shape index (κ3) is 5.52. The maximum Gasteiger partial charge on any atom is 0.292 e. The van der Waals surface area contributed by atoms with Crippen LogP contribution in [-0.2, 0) is 4.79 Å². The number of benzene rings is 3. The lowest BCUT2D eigenvalue weighted by atomic mass is 10.0. The minimum Gasteiger partial charge on any atom is -0.320 e. The summed E-state index contributed by atoms with van der Waals surface area (Å²) >= 11 is 7.28. The quantitative estimate of drug-likeness (QED) is 0.169. The molecule has 8 nitrogen and oxygen atoms in total. The highest BCUT2D eigenvalue weighted by Gasteiger charge is 2.21. The van der Waals surface area contributed by atoms with Gasteiger partial charge < -0.3 is 5.32 Å². The predicted molar refractivity (Wildman–Crippen MR) is 138 cm³/mol. The third-order valence-corrected chi connectivity index (χ3v) is 6.42. The second kappa shape index (κ2) is 10.7. The van der Waals surface area contributed by atoms with Crippen molar-refractivity contribution in [2.45, 2.75) is 24.9 Å². The number of hydrogen-bond acceptors (Lipinski definition) is 6. The van der Waals surface area contributed by atoms with Crippen LogP contribution in [0, 0.1) is 10.1 Å². The standard InChI is InChI=1S/C25H22ClN5O3S/c1-16(2)19-7-3-5-9-21(19)30-24(17-11-13-18(26)14-12-17)28-29-25(30)35-15-23(32)27-20-8-4-6-10-22(20)31(33)34/h3-14,16H,15H2,1-2H3,(H,27,32). The fourth-order valence-electron chi connectivity index (χ4n) is 3.60. The van der Waals surface area contributed by atoms with Crippen molar-refractivity contribution < 1.29 is 9.72 Å². The van der Waals surface area contributed by atoms with E-state index in [1.165, 1.54) is 23.9 Å². The van der Waals surface area contributed by atoms with Gasteiger partial charge >= 0.3 is 0 Å². The number of nitro benzene ring substituents is 1. The summed E-state index contributed by atoms with van der Waals surface area (Å²) in [5.74, 6) is 0.473. The highest BCUT2D eigenvalue weighted by atomic mass is 35.5. The largest absolute Gasteiger partial charge is 0.320 e. The molecule has 0 aliphatic heterocycles. The van der Waals surface area contributed by atoms with Crippen LogP contribution in [0.1, 0.15) is 25.3 Å². The lowest BCUT2D eigenvalue weighted by Crippen LogP contribution is -2.15. The van der Waals surface area contributed by atoms with E-state index in [1.807, 2.05) is 34.9 Å². The van der Waals surface area contributed by atoms with E-state index in [2.05, 4.69) is 35.4 Å². The number of carbonyl (C=O) groups is 1. The highest BCUT2D eigenvalue weighted by molar-refractivity contribution is 7.99. The number of carbonyl (C=O) groups excluding carboxylic acids is 1. The summed E-state index contributed by atoms with van der Waals surface area (Å²) in [7, 11) is 0. The van der Waals surface area contributed by atoms with Crippen LogP contribution < -0.4 is 5.32 Å². The Morgan fingerprint density at radius 2 is 1.74 bits per heavy atom. The van der Waals surface area contributed by atoms with E-state index < -0.39 is 4.92 Å². The number of amides is 1. The van der Waals surface area contributed by atoms with Gasteiger partial charge in [-0.05, 0) is 47.9 Å². The molecule has 3 aromatic carbocycles. The molecule has 0 unspecified atom stereocenters. The number of thioether (sulfide) groups is 1. The molecule has 0 spiro atoms. The molecule has 1 aromatic heterocycles. The molecule has 1 amide bonds. The van der Waals surface area contributed by atoms with Gasteiger partial charge in [0, 0.05) is 16.7 Å². The molecule has 0 fully saturated rings. The van der Waals surface area contributed by atoms with Crippen LogP contribution in [0.15, 0.2) is 78.0 Å². The summed E-state index contributed by atoms with van der Waals surface area (Å²) in [4.78, 5) is 23.4. The lowest BCUT2D eigenvalue weighted by molar-refractivity contribution is -0.383. The minimum absolute atomic E-state index is 0.00531. The zero-order valence-corrected chi connectivity index (χ0v) is 20.6. The smallest absolute Gasteiger partial charge is 0.292 e. The first-order valence-corrected chi connectivity index (χ1v) is 12.2. The Labute approximate surface area is 211 Å². The molecule has 0 saturated heterocycles. The van der Waals surface area contributed by atoms with Gasteiger partial charge in [-0.25, -0.2) is 0 Å². The van der Waals surface area contributed by atoms with Crippen LogP contribution in [0.25, 0.3) is 17.1 Å². The molecule has 178 valence electrons. The lowest BCUT2D eigenvalue weighted by Gasteiger charge is -2.17. The summed E-state index contributed by atoms with van der Waals surface area (Å²) < 4.78 is 1.93. The average molecular weight is 508 g/mol. The van der Waals surface area contributed by atoms with Crippen molar-refractivity contribution in [3.63, 3.8) is 0 Å². The van der Waals surface area contributed by atoms with Gasteiger partial charge in [-0.1, -0.05) is 67.5 Å². The van der Waals surface area contributed by atoms with E-state index in [4.69, 9.17) is 11.6 Å². The minimum atomic E-state index is -0.527. The summed E-state index contributed by atoms with van der Waals surface area (Å²) in [6, 6.07) is 21.3. The Morgan fingerprint density at radius 1 is 1.06 bits per heavy atom. The fourth-order valence-corrected chi connectivity index (χ4v) is 4.47. The first kappa shape index (κ1) is 24.4. The number of nitrogens with one attached hydrogen (secondary N) is 1. The number of rotatable bonds is 8. The van der Waals surface area contributed by atoms with Crippen LogP contribution in [0.3, 0.4) is 0 Å². The van der Waals surface area contributed by atoms with Gasteiger partial charge in [0.25, 0.3) is 5.69 Å². The van der Waals surface area contributed by atoms with Gasteiger partial charge in [0.1, 0.15) is 5.69 Å². The van der Waals surface area contributed by atoms with Crippen molar-refractivity contribution in [3.05, 3.63) is 93.5 Å². The van der Waals surface area contributed by atoms with Gasteiger partial charge in [0.15, 0.2) is 11.0 Å².